The molecule has 0 saturated carbocycles. The Balaban J connectivity index is 1.72. The Morgan fingerprint density at radius 3 is 2.65 bits per heavy atom. The average molecular weight is 314 g/mol. The van der Waals surface area contributed by atoms with Crippen molar-refractivity contribution in [2.24, 2.45) is 11.1 Å². The van der Waals surface area contributed by atoms with Gasteiger partial charge in [0, 0.05) is 17.5 Å². The zero-order valence-electron chi connectivity index (χ0n) is 13.6. The Labute approximate surface area is 135 Å². The monoisotopic (exact) mass is 314 g/mol. The summed E-state index contributed by atoms with van der Waals surface area (Å²) in [5.74, 6) is -0.565. The van der Waals surface area contributed by atoms with Crippen molar-refractivity contribution in [3.63, 3.8) is 0 Å². The molecule has 122 valence electrons. The fourth-order valence-corrected chi connectivity index (χ4v) is 2.93. The summed E-state index contributed by atoms with van der Waals surface area (Å²) < 4.78 is 5.60. The second-order valence-corrected chi connectivity index (χ2v) is 6.93. The number of benzene rings is 1. The maximum Gasteiger partial charge on any atom is 0.224 e. The molecule has 2 amide bonds. The summed E-state index contributed by atoms with van der Waals surface area (Å²) in [6.45, 7) is 3.66. The van der Waals surface area contributed by atoms with Gasteiger partial charge in [-0.25, -0.2) is 0 Å². The van der Waals surface area contributed by atoms with E-state index in [0.29, 0.717) is 0 Å². The minimum absolute atomic E-state index is 0.137. The molecule has 3 N–H and O–H groups in total. The van der Waals surface area contributed by atoms with E-state index in [1.165, 1.54) is 17.5 Å². The molecule has 3 rings (SSSR count). The number of rotatable bonds is 5. The number of hydrogen-bond acceptors (Lipinski definition) is 3. The molecule has 5 nitrogen and oxygen atoms in total. The fourth-order valence-electron chi connectivity index (χ4n) is 2.93. The Morgan fingerprint density at radius 2 is 1.96 bits per heavy atom. The number of nitrogens with one attached hydrogen (secondary N) is 1. The number of fused-ring (bicyclic) bond motifs is 2. The predicted octanol–water partition coefficient (Wildman–Crippen LogP) is 2.09. The second-order valence-electron chi connectivity index (χ2n) is 6.93. The third-order valence-corrected chi connectivity index (χ3v) is 4.61. The fraction of sp³-hybridized carbons (Fsp3) is 0.444. The van der Waals surface area contributed by atoms with Gasteiger partial charge in [0.15, 0.2) is 0 Å². The van der Waals surface area contributed by atoms with E-state index >= 15 is 0 Å². The lowest BCUT2D eigenvalue weighted by molar-refractivity contribution is -0.126. The molecule has 0 unspecified atom stereocenters. The van der Waals surface area contributed by atoms with Crippen LogP contribution in [0.3, 0.4) is 0 Å². The number of furan rings is 1. The highest BCUT2D eigenvalue weighted by Crippen LogP contribution is 2.30. The summed E-state index contributed by atoms with van der Waals surface area (Å²) >= 11 is 0. The van der Waals surface area contributed by atoms with Crippen LogP contribution in [-0.4, -0.2) is 18.4 Å². The van der Waals surface area contributed by atoms with Crippen LogP contribution in [0.2, 0.25) is 0 Å². The van der Waals surface area contributed by atoms with Crippen LogP contribution in [0.25, 0.3) is 11.0 Å². The number of carbonyl (C=O) groups excluding carboxylic acids is 2. The van der Waals surface area contributed by atoms with Gasteiger partial charge in [-0.1, -0.05) is 0 Å². The van der Waals surface area contributed by atoms with Crippen molar-refractivity contribution < 1.29 is 14.0 Å². The Hall–Kier alpha value is -2.30. The molecule has 1 aromatic heterocycles. The predicted molar refractivity (Wildman–Crippen MR) is 87.9 cm³/mol. The number of nitrogens with two attached hydrogens (primary N) is 1. The molecule has 0 fully saturated rings. The third kappa shape index (κ3) is 3.09. The lowest BCUT2D eigenvalue weighted by atomic mass is 9.92. The van der Waals surface area contributed by atoms with Crippen molar-refractivity contribution >= 4 is 22.8 Å². The van der Waals surface area contributed by atoms with Gasteiger partial charge >= 0.3 is 0 Å². The molecule has 0 aliphatic heterocycles. The molecule has 0 spiro atoms. The van der Waals surface area contributed by atoms with Crippen LogP contribution in [0, 0.1) is 5.41 Å². The van der Waals surface area contributed by atoms with Crippen LogP contribution in [0.4, 0.5) is 0 Å². The minimum atomic E-state index is -0.755. The number of aryl methyl sites for hydroxylation is 2. The van der Waals surface area contributed by atoms with Crippen molar-refractivity contribution in [3.05, 3.63) is 35.1 Å². The lowest BCUT2D eigenvalue weighted by Crippen LogP contribution is -2.42. The van der Waals surface area contributed by atoms with Gasteiger partial charge in [0.25, 0.3) is 0 Å². The number of carbonyl (C=O) groups is 2. The third-order valence-electron chi connectivity index (χ3n) is 4.61. The lowest BCUT2D eigenvalue weighted by Gasteiger charge is -2.20. The van der Waals surface area contributed by atoms with Crippen LogP contribution >= 0.6 is 0 Å². The van der Waals surface area contributed by atoms with E-state index in [9.17, 15) is 9.59 Å². The van der Waals surface area contributed by atoms with Gasteiger partial charge in [-0.05, 0) is 56.4 Å². The van der Waals surface area contributed by atoms with Crippen molar-refractivity contribution in [1.29, 1.82) is 0 Å². The Morgan fingerprint density at radius 1 is 1.26 bits per heavy atom. The molecule has 1 aliphatic rings. The van der Waals surface area contributed by atoms with E-state index in [1.54, 1.807) is 20.1 Å². The van der Waals surface area contributed by atoms with Gasteiger partial charge in [-0.15, -0.1) is 0 Å². The molecule has 1 aliphatic carbocycles. The molecule has 0 atom stereocenters. The first kappa shape index (κ1) is 15.6. The molecule has 1 aromatic carbocycles. The van der Waals surface area contributed by atoms with E-state index in [1.807, 2.05) is 0 Å². The molecular weight excluding hydrogens is 292 g/mol. The largest absolute Gasteiger partial charge is 0.464 e. The summed E-state index contributed by atoms with van der Waals surface area (Å²) in [7, 11) is 0. The number of hydrogen-bond donors (Lipinski definition) is 2. The van der Waals surface area contributed by atoms with Gasteiger partial charge in [-0.2, -0.15) is 0 Å². The summed E-state index contributed by atoms with van der Waals surface area (Å²) in [5.41, 5.74) is 8.99. The van der Waals surface area contributed by atoms with Crippen LogP contribution in [0.15, 0.2) is 22.8 Å². The summed E-state index contributed by atoms with van der Waals surface area (Å²) in [6, 6.07) is 4.24. The first-order valence-electron chi connectivity index (χ1n) is 7.95. The Kier molecular flexibility index (Phi) is 3.88. The van der Waals surface area contributed by atoms with Crippen LogP contribution in [0.5, 0.6) is 0 Å². The molecule has 2 aromatic rings. The molecule has 0 bridgehead atoms. The van der Waals surface area contributed by atoms with Gasteiger partial charge in [0.2, 0.25) is 11.8 Å². The zero-order valence-corrected chi connectivity index (χ0v) is 13.6. The standard InChI is InChI=1S/C18H22N2O3/c1-18(2,17(19)22)10-20-16(21)8-13-9-23-15-7-12-5-3-4-11(12)6-14(13)15/h6-7,9H,3-5,8,10H2,1-2H3,(H2,19,22)(H,20,21). The molecule has 0 saturated heterocycles. The maximum atomic E-state index is 12.2. The van der Waals surface area contributed by atoms with E-state index in [-0.39, 0.29) is 18.9 Å². The van der Waals surface area contributed by atoms with E-state index in [2.05, 4.69) is 17.4 Å². The van der Waals surface area contributed by atoms with Gasteiger partial charge in [0.1, 0.15) is 5.58 Å². The number of primary amides is 1. The summed E-state index contributed by atoms with van der Waals surface area (Å²) in [4.78, 5) is 23.4. The van der Waals surface area contributed by atoms with E-state index in [0.717, 1.165) is 29.4 Å². The highest BCUT2D eigenvalue weighted by Gasteiger charge is 2.25. The van der Waals surface area contributed by atoms with Crippen molar-refractivity contribution in [1.82, 2.24) is 5.32 Å². The minimum Gasteiger partial charge on any atom is -0.464 e. The van der Waals surface area contributed by atoms with Crippen LogP contribution < -0.4 is 11.1 Å². The molecule has 23 heavy (non-hydrogen) atoms. The van der Waals surface area contributed by atoms with Crippen molar-refractivity contribution in [2.75, 3.05) is 6.54 Å². The highest BCUT2D eigenvalue weighted by molar-refractivity contribution is 5.89. The SMILES string of the molecule is CC(C)(CNC(=O)Cc1coc2cc3c(cc12)CCC3)C(N)=O. The van der Waals surface area contributed by atoms with Crippen LogP contribution in [-0.2, 0) is 28.9 Å². The molecule has 5 heteroatoms. The molecular formula is C18H22N2O3. The van der Waals surface area contributed by atoms with Gasteiger partial charge in [0.05, 0.1) is 18.1 Å². The van der Waals surface area contributed by atoms with Crippen LogP contribution in [0.1, 0.15) is 37.0 Å². The average Bonchev–Trinajstić information content (AvgIpc) is 3.10. The molecule has 1 heterocycles. The van der Waals surface area contributed by atoms with E-state index < -0.39 is 11.3 Å². The maximum absolute atomic E-state index is 12.2. The number of amides is 2. The topological polar surface area (TPSA) is 85.3 Å². The van der Waals surface area contributed by atoms with Gasteiger partial charge in [-0.3, -0.25) is 9.59 Å². The zero-order chi connectivity index (χ0) is 16.6. The summed E-state index contributed by atoms with van der Waals surface area (Å²) in [5, 5.41) is 3.79. The summed E-state index contributed by atoms with van der Waals surface area (Å²) in [6.07, 6.45) is 5.26. The highest BCUT2D eigenvalue weighted by atomic mass is 16.3. The Bertz CT molecular complexity index is 774. The van der Waals surface area contributed by atoms with Crippen molar-refractivity contribution in [3.8, 4) is 0 Å². The second kappa shape index (κ2) is 5.72. The first-order valence-corrected chi connectivity index (χ1v) is 7.95. The van der Waals surface area contributed by atoms with Gasteiger partial charge < -0.3 is 15.5 Å². The van der Waals surface area contributed by atoms with E-state index in [4.69, 9.17) is 10.2 Å². The smallest absolute Gasteiger partial charge is 0.224 e. The molecule has 0 radical (unpaired) electrons. The quantitative estimate of drug-likeness (QED) is 0.886. The normalized spacial score (nSPS) is 14.0. The van der Waals surface area contributed by atoms with Crippen molar-refractivity contribution in [2.45, 2.75) is 39.5 Å². The first-order chi connectivity index (χ1) is 10.9.